The van der Waals surface area contributed by atoms with Gasteiger partial charge in [-0.25, -0.2) is 4.98 Å². The molecule has 0 unspecified atom stereocenters. The minimum Gasteiger partial charge on any atom is -0.379 e. The third-order valence-corrected chi connectivity index (χ3v) is 6.34. The molecular weight excluding hydrogens is 392 g/mol. The Kier molecular flexibility index (Phi) is 6.43. The molecule has 0 N–H and O–H groups in total. The molecule has 1 aliphatic rings. The summed E-state index contributed by atoms with van der Waals surface area (Å²) in [4.78, 5) is 26.9. The Labute approximate surface area is 172 Å². The number of carbonyl (C=O) groups is 1. The van der Waals surface area contributed by atoms with Crippen LogP contribution in [-0.4, -0.2) is 60.2 Å². The zero-order valence-electron chi connectivity index (χ0n) is 15.5. The lowest BCUT2D eigenvalue weighted by atomic mass is 10.2. The van der Waals surface area contributed by atoms with E-state index in [1.165, 1.54) is 22.7 Å². The van der Waals surface area contributed by atoms with E-state index < -0.39 is 0 Å². The van der Waals surface area contributed by atoms with E-state index in [1.54, 1.807) is 12.4 Å². The second kappa shape index (κ2) is 9.38. The van der Waals surface area contributed by atoms with E-state index in [0.29, 0.717) is 6.54 Å². The van der Waals surface area contributed by atoms with Crippen LogP contribution < -0.4 is 4.90 Å². The standard InChI is InChI=1S/C20H22N4O2S2/c25-19(18-5-2-13-27-18)24(8-3-7-23-9-11-26-12-10-23)20-22-17(15-28-20)16-4-1-6-21-14-16/h1-2,4-6,13-15H,3,7-12H2. The molecule has 1 saturated heterocycles. The monoisotopic (exact) mass is 414 g/mol. The van der Waals surface area contributed by atoms with E-state index in [-0.39, 0.29) is 5.91 Å². The number of anilines is 1. The van der Waals surface area contributed by atoms with Crippen molar-refractivity contribution in [1.29, 1.82) is 0 Å². The highest BCUT2D eigenvalue weighted by molar-refractivity contribution is 7.14. The number of aromatic nitrogens is 2. The van der Waals surface area contributed by atoms with Crippen LogP contribution in [0.3, 0.4) is 0 Å². The average Bonchev–Trinajstić information content (AvgIpc) is 3.45. The van der Waals surface area contributed by atoms with Crippen molar-refractivity contribution >= 4 is 33.7 Å². The first-order chi connectivity index (χ1) is 13.8. The van der Waals surface area contributed by atoms with Crippen LogP contribution in [0, 0.1) is 0 Å². The van der Waals surface area contributed by atoms with Gasteiger partial charge in [0.25, 0.3) is 5.91 Å². The molecule has 3 aromatic heterocycles. The fourth-order valence-electron chi connectivity index (χ4n) is 3.13. The fraction of sp³-hybridized carbons (Fsp3) is 0.350. The summed E-state index contributed by atoms with van der Waals surface area (Å²) in [6.07, 6.45) is 4.44. The van der Waals surface area contributed by atoms with Crippen LogP contribution in [0.4, 0.5) is 5.13 Å². The highest BCUT2D eigenvalue weighted by Gasteiger charge is 2.22. The summed E-state index contributed by atoms with van der Waals surface area (Å²) < 4.78 is 5.41. The quantitative estimate of drug-likeness (QED) is 0.591. The first-order valence-electron chi connectivity index (χ1n) is 9.32. The number of ether oxygens (including phenoxy) is 1. The number of morpholine rings is 1. The fourth-order valence-corrected chi connectivity index (χ4v) is 4.66. The first-order valence-corrected chi connectivity index (χ1v) is 11.1. The van der Waals surface area contributed by atoms with Gasteiger partial charge in [-0.15, -0.1) is 22.7 Å². The van der Waals surface area contributed by atoms with Crippen molar-refractivity contribution in [3.05, 3.63) is 52.3 Å². The van der Waals surface area contributed by atoms with Crippen LogP contribution in [-0.2, 0) is 4.74 Å². The van der Waals surface area contributed by atoms with Gasteiger partial charge >= 0.3 is 0 Å². The van der Waals surface area contributed by atoms with E-state index in [9.17, 15) is 4.79 Å². The van der Waals surface area contributed by atoms with Crippen molar-refractivity contribution in [2.45, 2.75) is 6.42 Å². The summed E-state index contributed by atoms with van der Waals surface area (Å²) in [5, 5.41) is 4.66. The molecule has 6 nitrogen and oxygen atoms in total. The molecule has 4 heterocycles. The molecule has 0 spiro atoms. The highest BCUT2D eigenvalue weighted by Crippen LogP contribution is 2.29. The summed E-state index contributed by atoms with van der Waals surface area (Å²) in [5.41, 5.74) is 1.81. The molecule has 1 amide bonds. The predicted octanol–water partition coefficient (Wildman–Crippen LogP) is 3.64. The Bertz CT molecular complexity index is 877. The van der Waals surface area contributed by atoms with Crippen LogP contribution >= 0.6 is 22.7 Å². The molecule has 0 aromatic carbocycles. The minimum absolute atomic E-state index is 0.0177. The van der Waals surface area contributed by atoms with Crippen molar-refractivity contribution in [3.8, 4) is 11.3 Å². The maximum absolute atomic E-state index is 13.1. The van der Waals surface area contributed by atoms with Crippen LogP contribution in [0.5, 0.6) is 0 Å². The molecule has 0 atom stereocenters. The van der Waals surface area contributed by atoms with Crippen LogP contribution in [0.15, 0.2) is 47.4 Å². The Hall–Kier alpha value is -2.13. The summed E-state index contributed by atoms with van der Waals surface area (Å²) in [6, 6.07) is 7.66. The summed E-state index contributed by atoms with van der Waals surface area (Å²) in [5.74, 6) is 0.0177. The number of nitrogens with zero attached hydrogens (tertiary/aromatic N) is 4. The number of rotatable bonds is 7. The lowest BCUT2D eigenvalue weighted by Crippen LogP contribution is -2.39. The number of hydrogen-bond donors (Lipinski definition) is 0. The summed E-state index contributed by atoms with van der Waals surface area (Å²) in [6.45, 7) is 5.10. The minimum atomic E-state index is 0.0177. The van der Waals surface area contributed by atoms with Gasteiger partial charge in [-0.1, -0.05) is 6.07 Å². The average molecular weight is 415 g/mol. The maximum atomic E-state index is 13.1. The molecule has 0 aliphatic carbocycles. The second-order valence-electron chi connectivity index (χ2n) is 6.50. The Morgan fingerprint density at radius 2 is 2.11 bits per heavy atom. The van der Waals surface area contributed by atoms with Gasteiger partial charge in [0.1, 0.15) is 0 Å². The summed E-state index contributed by atoms with van der Waals surface area (Å²) >= 11 is 2.97. The molecule has 1 fully saturated rings. The molecule has 3 aromatic rings. The SMILES string of the molecule is O=C(c1cccs1)N(CCCN1CCOCC1)c1nc(-c2cccnc2)cs1. The van der Waals surface area contributed by atoms with Gasteiger partial charge in [-0.05, 0) is 30.0 Å². The third-order valence-electron chi connectivity index (χ3n) is 4.62. The van der Waals surface area contributed by atoms with Crippen molar-refractivity contribution in [3.63, 3.8) is 0 Å². The molecule has 0 bridgehead atoms. The molecule has 8 heteroatoms. The third kappa shape index (κ3) is 4.64. The number of amides is 1. The van der Waals surface area contributed by atoms with Crippen LogP contribution in [0.25, 0.3) is 11.3 Å². The number of thiazole rings is 1. The van der Waals surface area contributed by atoms with E-state index >= 15 is 0 Å². The van der Waals surface area contributed by atoms with Crippen molar-refractivity contribution in [2.24, 2.45) is 0 Å². The molecule has 1 aliphatic heterocycles. The smallest absolute Gasteiger partial charge is 0.270 e. The van der Waals surface area contributed by atoms with Gasteiger partial charge in [0.2, 0.25) is 0 Å². The van der Waals surface area contributed by atoms with Crippen molar-refractivity contribution < 1.29 is 9.53 Å². The van der Waals surface area contributed by atoms with E-state index in [4.69, 9.17) is 9.72 Å². The Balaban J connectivity index is 1.49. The molecule has 28 heavy (non-hydrogen) atoms. The summed E-state index contributed by atoms with van der Waals surface area (Å²) in [7, 11) is 0. The van der Waals surface area contributed by atoms with Gasteiger partial charge in [0.15, 0.2) is 5.13 Å². The molecule has 146 valence electrons. The number of carbonyl (C=O) groups excluding carboxylic acids is 1. The van der Waals surface area contributed by atoms with E-state index in [0.717, 1.165) is 60.5 Å². The van der Waals surface area contributed by atoms with Gasteiger partial charge in [0, 0.05) is 49.5 Å². The van der Waals surface area contributed by atoms with Crippen molar-refractivity contribution in [2.75, 3.05) is 44.3 Å². The number of pyridine rings is 1. The van der Waals surface area contributed by atoms with Gasteiger partial charge in [0.05, 0.1) is 23.8 Å². The molecular formula is C20H22N4O2S2. The van der Waals surface area contributed by atoms with E-state index in [1.807, 2.05) is 39.9 Å². The number of hydrogen-bond acceptors (Lipinski definition) is 7. The predicted molar refractivity (Wildman–Crippen MR) is 113 cm³/mol. The van der Waals surface area contributed by atoms with Gasteiger partial charge < -0.3 is 4.74 Å². The Morgan fingerprint density at radius 3 is 2.86 bits per heavy atom. The Morgan fingerprint density at radius 1 is 1.21 bits per heavy atom. The highest BCUT2D eigenvalue weighted by atomic mass is 32.1. The molecule has 4 rings (SSSR count). The number of thiophene rings is 1. The second-order valence-corrected chi connectivity index (χ2v) is 8.28. The maximum Gasteiger partial charge on any atom is 0.270 e. The van der Waals surface area contributed by atoms with Gasteiger partial charge in [-0.3, -0.25) is 19.6 Å². The van der Waals surface area contributed by atoms with Crippen LogP contribution in [0.1, 0.15) is 16.1 Å². The molecule has 0 saturated carbocycles. The lowest BCUT2D eigenvalue weighted by Gasteiger charge is -2.27. The largest absolute Gasteiger partial charge is 0.379 e. The van der Waals surface area contributed by atoms with Crippen molar-refractivity contribution in [1.82, 2.24) is 14.9 Å². The van der Waals surface area contributed by atoms with E-state index in [2.05, 4.69) is 9.88 Å². The first kappa shape index (κ1) is 19.2. The zero-order chi connectivity index (χ0) is 19.2. The van der Waals surface area contributed by atoms with Gasteiger partial charge in [-0.2, -0.15) is 0 Å². The lowest BCUT2D eigenvalue weighted by molar-refractivity contribution is 0.0376. The zero-order valence-corrected chi connectivity index (χ0v) is 17.1. The molecule has 0 radical (unpaired) electrons. The normalized spacial score (nSPS) is 14.9. The topological polar surface area (TPSA) is 58.6 Å². The van der Waals surface area contributed by atoms with Crippen LogP contribution in [0.2, 0.25) is 0 Å².